The van der Waals surface area contributed by atoms with Crippen LogP contribution in [0.5, 0.6) is 0 Å². The van der Waals surface area contributed by atoms with Gasteiger partial charge >= 0.3 is 0 Å². The van der Waals surface area contributed by atoms with Gasteiger partial charge in [-0.15, -0.1) is 0 Å². The van der Waals surface area contributed by atoms with Crippen molar-refractivity contribution in [3.8, 4) is 0 Å². The Labute approximate surface area is 63.5 Å². The highest BCUT2D eigenvalue weighted by atomic mass is 14.8. The first-order valence-electron chi connectivity index (χ1n) is 4.25. The summed E-state index contributed by atoms with van der Waals surface area (Å²) in [7, 11) is 0. The normalized spacial score (nSPS) is 19.7. The number of hydrogen-bond acceptors (Lipinski definition) is 1. The van der Waals surface area contributed by atoms with Gasteiger partial charge in [-0.2, -0.15) is 0 Å². The third kappa shape index (κ3) is 2.53. The summed E-state index contributed by atoms with van der Waals surface area (Å²) in [4.78, 5) is 0. The van der Waals surface area contributed by atoms with Crippen LogP contribution in [0.3, 0.4) is 0 Å². The fourth-order valence-electron chi connectivity index (χ4n) is 1.19. The predicted octanol–water partition coefficient (Wildman–Crippen LogP) is 1.95. The van der Waals surface area contributed by atoms with Crippen LogP contribution in [0.15, 0.2) is 12.2 Å². The molecule has 0 unspecified atom stereocenters. The average molecular weight is 139 g/mol. The summed E-state index contributed by atoms with van der Waals surface area (Å²) in [5, 5.41) is 3.40. The van der Waals surface area contributed by atoms with Crippen molar-refractivity contribution in [2.75, 3.05) is 13.1 Å². The second kappa shape index (κ2) is 4.51. The molecule has 1 aliphatic carbocycles. The van der Waals surface area contributed by atoms with Crippen LogP contribution in [0.1, 0.15) is 26.2 Å². The van der Waals surface area contributed by atoms with Crippen LogP contribution in [0.2, 0.25) is 0 Å². The van der Waals surface area contributed by atoms with Gasteiger partial charge in [0, 0.05) is 6.54 Å². The van der Waals surface area contributed by atoms with Crippen molar-refractivity contribution >= 4 is 0 Å². The van der Waals surface area contributed by atoms with Gasteiger partial charge in [0.25, 0.3) is 0 Å². The second-order valence-corrected chi connectivity index (χ2v) is 3.02. The van der Waals surface area contributed by atoms with E-state index < -0.39 is 0 Å². The predicted molar refractivity (Wildman–Crippen MR) is 45.0 cm³/mol. The molecule has 1 nitrogen and oxygen atoms in total. The van der Waals surface area contributed by atoms with Gasteiger partial charge in [0.15, 0.2) is 0 Å². The lowest BCUT2D eigenvalue weighted by molar-refractivity contribution is 0.306. The molecule has 0 spiro atoms. The zero-order chi connectivity index (χ0) is 7.23. The lowest BCUT2D eigenvalue weighted by Crippen LogP contribution is -2.27. The van der Waals surface area contributed by atoms with Crippen molar-refractivity contribution in [2.45, 2.75) is 26.2 Å². The van der Waals surface area contributed by atoms with Crippen LogP contribution in [-0.2, 0) is 0 Å². The van der Waals surface area contributed by atoms with E-state index in [4.69, 9.17) is 0 Å². The van der Waals surface area contributed by atoms with Crippen molar-refractivity contribution in [3.05, 3.63) is 12.2 Å². The van der Waals surface area contributed by atoms with E-state index in [1.807, 2.05) is 0 Å². The molecule has 1 aliphatic rings. The number of nitrogens with one attached hydrogen (secondary N) is 1. The van der Waals surface area contributed by atoms with Crippen molar-refractivity contribution in [3.63, 3.8) is 0 Å². The highest BCUT2D eigenvalue weighted by molar-refractivity contribution is 4.80. The molecule has 0 aromatic carbocycles. The first-order valence-corrected chi connectivity index (χ1v) is 4.25. The Morgan fingerprint density at radius 2 is 2.30 bits per heavy atom. The monoisotopic (exact) mass is 139 g/mol. The summed E-state index contributed by atoms with van der Waals surface area (Å²) >= 11 is 0. The molecule has 0 aromatic rings. The standard InChI is InChI=1S/C9H17N/c1-2-3-7-10-8-9-5-4-6-9/h2-3,9-10H,4-8H2,1H3/b3-2+. The molecule has 0 saturated heterocycles. The average Bonchev–Trinajstić information content (AvgIpc) is 1.84. The molecule has 0 atom stereocenters. The van der Waals surface area contributed by atoms with E-state index >= 15 is 0 Å². The third-order valence-corrected chi connectivity index (χ3v) is 2.16. The van der Waals surface area contributed by atoms with E-state index in [0.29, 0.717) is 0 Å². The fourth-order valence-corrected chi connectivity index (χ4v) is 1.19. The molecule has 58 valence electrons. The molecule has 10 heavy (non-hydrogen) atoms. The fraction of sp³-hybridized carbons (Fsp3) is 0.778. The molecule has 0 amide bonds. The minimum absolute atomic E-state index is 0.991. The third-order valence-electron chi connectivity index (χ3n) is 2.16. The molecule has 1 rings (SSSR count). The zero-order valence-electron chi connectivity index (χ0n) is 6.77. The number of hydrogen-bond donors (Lipinski definition) is 1. The summed E-state index contributed by atoms with van der Waals surface area (Å²) in [6, 6.07) is 0. The summed E-state index contributed by atoms with van der Waals surface area (Å²) < 4.78 is 0. The Morgan fingerprint density at radius 3 is 2.80 bits per heavy atom. The quantitative estimate of drug-likeness (QED) is 0.463. The Morgan fingerprint density at radius 1 is 1.50 bits per heavy atom. The van der Waals surface area contributed by atoms with Crippen LogP contribution in [0, 0.1) is 5.92 Å². The first kappa shape index (κ1) is 7.80. The molecule has 0 bridgehead atoms. The van der Waals surface area contributed by atoms with Crippen molar-refractivity contribution in [1.82, 2.24) is 5.32 Å². The molecular weight excluding hydrogens is 122 g/mol. The highest BCUT2D eigenvalue weighted by Gasteiger charge is 2.15. The molecule has 0 heterocycles. The van der Waals surface area contributed by atoms with E-state index in [2.05, 4.69) is 24.4 Å². The van der Waals surface area contributed by atoms with Crippen LogP contribution in [0.25, 0.3) is 0 Å². The minimum atomic E-state index is 0.991. The topological polar surface area (TPSA) is 12.0 Å². The Balaban J connectivity index is 1.85. The van der Waals surface area contributed by atoms with E-state index in [1.54, 1.807) is 0 Å². The lowest BCUT2D eigenvalue weighted by atomic mass is 9.85. The van der Waals surface area contributed by atoms with E-state index in [9.17, 15) is 0 Å². The van der Waals surface area contributed by atoms with Crippen molar-refractivity contribution in [1.29, 1.82) is 0 Å². The molecule has 1 N–H and O–H groups in total. The van der Waals surface area contributed by atoms with Crippen molar-refractivity contribution < 1.29 is 0 Å². The van der Waals surface area contributed by atoms with Crippen LogP contribution < -0.4 is 5.32 Å². The van der Waals surface area contributed by atoms with Gasteiger partial charge in [0.2, 0.25) is 0 Å². The number of rotatable bonds is 4. The summed E-state index contributed by atoms with van der Waals surface area (Å²) in [6.07, 6.45) is 8.61. The van der Waals surface area contributed by atoms with Gasteiger partial charge in [-0.05, 0) is 32.2 Å². The molecule has 0 radical (unpaired) electrons. The van der Waals surface area contributed by atoms with Gasteiger partial charge in [0.05, 0.1) is 0 Å². The van der Waals surface area contributed by atoms with Crippen LogP contribution in [0.4, 0.5) is 0 Å². The van der Waals surface area contributed by atoms with Crippen molar-refractivity contribution in [2.24, 2.45) is 5.92 Å². The second-order valence-electron chi connectivity index (χ2n) is 3.02. The minimum Gasteiger partial charge on any atom is -0.313 e. The van der Waals surface area contributed by atoms with Gasteiger partial charge in [0.1, 0.15) is 0 Å². The molecule has 0 aromatic heterocycles. The molecule has 1 heteroatoms. The summed E-state index contributed by atoms with van der Waals surface area (Å²) in [5.41, 5.74) is 0. The maximum atomic E-state index is 3.40. The molecule has 0 aliphatic heterocycles. The summed E-state index contributed by atoms with van der Waals surface area (Å²) in [6.45, 7) is 4.34. The van der Waals surface area contributed by atoms with Gasteiger partial charge in [-0.25, -0.2) is 0 Å². The maximum Gasteiger partial charge on any atom is 0.0134 e. The van der Waals surface area contributed by atoms with E-state index in [1.165, 1.54) is 25.8 Å². The van der Waals surface area contributed by atoms with Gasteiger partial charge < -0.3 is 5.32 Å². The Bertz CT molecular complexity index is 103. The smallest absolute Gasteiger partial charge is 0.0134 e. The summed E-state index contributed by atoms with van der Waals surface area (Å²) in [5.74, 6) is 0.991. The molecular formula is C9H17N. The van der Waals surface area contributed by atoms with Crippen LogP contribution in [-0.4, -0.2) is 13.1 Å². The van der Waals surface area contributed by atoms with Gasteiger partial charge in [-0.3, -0.25) is 0 Å². The van der Waals surface area contributed by atoms with E-state index in [0.717, 1.165) is 12.5 Å². The largest absolute Gasteiger partial charge is 0.313 e. The zero-order valence-corrected chi connectivity index (χ0v) is 6.77. The lowest BCUT2D eigenvalue weighted by Gasteiger charge is -2.25. The Hall–Kier alpha value is -0.300. The molecule has 1 saturated carbocycles. The van der Waals surface area contributed by atoms with Gasteiger partial charge in [-0.1, -0.05) is 18.6 Å². The molecule has 1 fully saturated rings. The van der Waals surface area contributed by atoms with E-state index in [-0.39, 0.29) is 0 Å². The van der Waals surface area contributed by atoms with Crippen LogP contribution >= 0.6 is 0 Å². The maximum absolute atomic E-state index is 3.40. The number of allylic oxidation sites excluding steroid dienone is 1. The highest BCUT2D eigenvalue weighted by Crippen LogP contribution is 2.24. The SMILES string of the molecule is C/C=C/CNCC1CCC1. The first-order chi connectivity index (χ1) is 4.93. The Kier molecular flexibility index (Phi) is 3.52.